The Balaban J connectivity index is 1.77. The molecule has 1 heterocycles. The molecule has 5 heteroatoms. The minimum atomic E-state index is 0.750. The summed E-state index contributed by atoms with van der Waals surface area (Å²) in [5.41, 5.74) is 7.51. The SMILES string of the molecule is COc1ccc(-c2nn(-c3ccc(Br)cc3)c(-c3ccc(OC)cc3)c2Cc2ccccc2)cc1. The van der Waals surface area contributed by atoms with Gasteiger partial charge in [0.15, 0.2) is 0 Å². The first-order valence-electron chi connectivity index (χ1n) is 11.4. The molecule has 0 unspecified atom stereocenters. The molecule has 0 aliphatic heterocycles. The lowest BCUT2D eigenvalue weighted by atomic mass is 9.96. The first-order chi connectivity index (χ1) is 17.2. The fourth-order valence-electron chi connectivity index (χ4n) is 4.21. The summed E-state index contributed by atoms with van der Waals surface area (Å²) in [6.07, 6.45) is 0.750. The van der Waals surface area contributed by atoms with Gasteiger partial charge in [0.05, 0.1) is 31.3 Å². The Kier molecular flexibility index (Phi) is 6.68. The molecule has 4 nitrogen and oxygen atoms in total. The number of hydrogen-bond acceptors (Lipinski definition) is 3. The van der Waals surface area contributed by atoms with Crippen molar-refractivity contribution in [1.82, 2.24) is 9.78 Å². The van der Waals surface area contributed by atoms with Gasteiger partial charge in [-0.2, -0.15) is 5.10 Å². The molecule has 0 radical (unpaired) electrons. The van der Waals surface area contributed by atoms with E-state index in [0.717, 1.165) is 56.2 Å². The van der Waals surface area contributed by atoms with Gasteiger partial charge in [-0.1, -0.05) is 46.3 Å². The molecule has 5 aromatic rings. The minimum absolute atomic E-state index is 0.750. The van der Waals surface area contributed by atoms with Crippen LogP contribution in [0.15, 0.2) is 108 Å². The highest BCUT2D eigenvalue weighted by molar-refractivity contribution is 9.10. The summed E-state index contributed by atoms with van der Waals surface area (Å²) in [6, 6.07) is 35.0. The molecule has 0 amide bonds. The molecule has 0 fully saturated rings. The summed E-state index contributed by atoms with van der Waals surface area (Å²) >= 11 is 3.56. The molecule has 5 rings (SSSR count). The third kappa shape index (κ3) is 4.86. The molecule has 1 aromatic heterocycles. The Labute approximate surface area is 213 Å². The summed E-state index contributed by atoms with van der Waals surface area (Å²) in [4.78, 5) is 0. The van der Waals surface area contributed by atoms with Gasteiger partial charge in [-0.3, -0.25) is 0 Å². The summed E-state index contributed by atoms with van der Waals surface area (Å²) in [5, 5.41) is 5.18. The zero-order chi connectivity index (χ0) is 24.2. The molecular formula is C30H25BrN2O2. The van der Waals surface area contributed by atoms with Crippen molar-refractivity contribution in [2.24, 2.45) is 0 Å². The van der Waals surface area contributed by atoms with E-state index < -0.39 is 0 Å². The van der Waals surface area contributed by atoms with Gasteiger partial charge in [0.25, 0.3) is 0 Å². The van der Waals surface area contributed by atoms with E-state index in [9.17, 15) is 0 Å². The maximum Gasteiger partial charge on any atom is 0.118 e. The van der Waals surface area contributed by atoms with Crippen molar-refractivity contribution in [2.75, 3.05) is 14.2 Å². The second-order valence-electron chi connectivity index (χ2n) is 8.18. The third-order valence-electron chi connectivity index (χ3n) is 6.01. The van der Waals surface area contributed by atoms with Gasteiger partial charge < -0.3 is 9.47 Å². The van der Waals surface area contributed by atoms with E-state index in [1.54, 1.807) is 14.2 Å². The Morgan fingerprint density at radius 3 is 1.83 bits per heavy atom. The summed E-state index contributed by atoms with van der Waals surface area (Å²) < 4.78 is 13.9. The number of ether oxygens (including phenoxy) is 2. The van der Waals surface area contributed by atoms with Crippen LogP contribution in [-0.4, -0.2) is 24.0 Å². The maximum absolute atomic E-state index is 5.42. The van der Waals surface area contributed by atoms with E-state index in [1.807, 2.05) is 47.1 Å². The smallest absolute Gasteiger partial charge is 0.118 e. The minimum Gasteiger partial charge on any atom is -0.497 e. The first kappa shape index (κ1) is 22.9. The van der Waals surface area contributed by atoms with Gasteiger partial charge in [-0.05, 0) is 78.4 Å². The van der Waals surface area contributed by atoms with E-state index in [4.69, 9.17) is 14.6 Å². The quantitative estimate of drug-likeness (QED) is 0.220. The van der Waals surface area contributed by atoms with Crippen molar-refractivity contribution >= 4 is 15.9 Å². The molecule has 35 heavy (non-hydrogen) atoms. The highest BCUT2D eigenvalue weighted by Gasteiger charge is 2.22. The predicted octanol–water partition coefficient (Wildman–Crippen LogP) is 7.58. The van der Waals surface area contributed by atoms with Crippen LogP contribution in [0.2, 0.25) is 0 Å². The van der Waals surface area contributed by atoms with E-state index in [2.05, 4.69) is 76.6 Å². The number of rotatable bonds is 7. The van der Waals surface area contributed by atoms with Gasteiger partial charge in [-0.15, -0.1) is 0 Å². The van der Waals surface area contributed by atoms with Crippen LogP contribution in [0.1, 0.15) is 11.1 Å². The van der Waals surface area contributed by atoms with Gasteiger partial charge in [0, 0.05) is 27.6 Å². The lowest BCUT2D eigenvalue weighted by Gasteiger charge is -2.12. The predicted molar refractivity (Wildman–Crippen MR) is 144 cm³/mol. The first-order valence-corrected chi connectivity index (χ1v) is 12.2. The second kappa shape index (κ2) is 10.2. The number of aromatic nitrogens is 2. The molecule has 0 saturated heterocycles. The van der Waals surface area contributed by atoms with Crippen molar-refractivity contribution in [3.8, 4) is 39.7 Å². The van der Waals surface area contributed by atoms with Crippen LogP contribution < -0.4 is 9.47 Å². The monoisotopic (exact) mass is 524 g/mol. The third-order valence-corrected chi connectivity index (χ3v) is 6.53. The molecule has 0 aliphatic carbocycles. The van der Waals surface area contributed by atoms with Gasteiger partial charge >= 0.3 is 0 Å². The number of hydrogen-bond donors (Lipinski definition) is 0. The van der Waals surface area contributed by atoms with Crippen molar-refractivity contribution in [3.05, 3.63) is 119 Å². The Morgan fingerprint density at radius 2 is 1.26 bits per heavy atom. The van der Waals surface area contributed by atoms with Crippen LogP contribution in [-0.2, 0) is 6.42 Å². The number of nitrogens with zero attached hydrogens (tertiary/aromatic N) is 2. The molecule has 0 atom stereocenters. The Hall–Kier alpha value is -3.83. The largest absolute Gasteiger partial charge is 0.497 e. The van der Waals surface area contributed by atoms with E-state index >= 15 is 0 Å². The molecular weight excluding hydrogens is 500 g/mol. The lowest BCUT2D eigenvalue weighted by Crippen LogP contribution is -2.00. The Bertz CT molecular complexity index is 1410. The number of methoxy groups -OCH3 is 2. The highest BCUT2D eigenvalue weighted by atomic mass is 79.9. The fourth-order valence-corrected chi connectivity index (χ4v) is 4.48. The second-order valence-corrected chi connectivity index (χ2v) is 9.10. The van der Waals surface area contributed by atoms with Crippen molar-refractivity contribution in [2.45, 2.75) is 6.42 Å². The summed E-state index contributed by atoms with van der Waals surface area (Å²) in [5.74, 6) is 1.64. The van der Waals surface area contributed by atoms with Crippen molar-refractivity contribution in [1.29, 1.82) is 0 Å². The molecule has 0 N–H and O–H groups in total. The molecule has 4 aromatic carbocycles. The van der Waals surface area contributed by atoms with E-state index in [0.29, 0.717) is 0 Å². The van der Waals surface area contributed by atoms with Crippen LogP contribution in [0.25, 0.3) is 28.2 Å². The number of benzene rings is 4. The van der Waals surface area contributed by atoms with Crippen LogP contribution in [0.5, 0.6) is 11.5 Å². The molecule has 0 saturated carbocycles. The van der Waals surface area contributed by atoms with Crippen LogP contribution in [0, 0.1) is 0 Å². The van der Waals surface area contributed by atoms with Crippen molar-refractivity contribution < 1.29 is 9.47 Å². The van der Waals surface area contributed by atoms with Gasteiger partial charge in [0.1, 0.15) is 11.5 Å². The van der Waals surface area contributed by atoms with Crippen LogP contribution in [0.3, 0.4) is 0 Å². The van der Waals surface area contributed by atoms with E-state index in [1.165, 1.54) is 5.56 Å². The summed E-state index contributed by atoms with van der Waals surface area (Å²) in [6.45, 7) is 0. The topological polar surface area (TPSA) is 36.3 Å². The average molecular weight is 525 g/mol. The van der Waals surface area contributed by atoms with Gasteiger partial charge in [0.2, 0.25) is 0 Å². The normalized spacial score (nSPS) is 10.8. The molecule has 0 spiro atoms. The van der Waals surface area contributed by atoms with Gasteiger partial charge in [-0.25, -0.2) is 4.68 Å². The fraction of sp³-hybridized carbons (Fsp3) is 0.100. The maximum atomic E-state index is 5.42. The molecule has 0 aliphatic rings. The van der Waals surface area contributed by atoms with Crippen molar-refractivity contribution in [3.63, 3.8) is 0 Å². The standard InChI is InChI=1S/C30H25BrN2O2/c1-34-26-16-8-22(9-17-26)29-28(20-21-6-4-3-5-7-21)30(23-10-18-27(35-2)19-11-23)33(32-29)25-14-12-24(31)13-15-25/h3-19H,20H2,1-2H3. The van der Waals surface area contributed by atoms with Crippen LogP contribution >= 0.6 is 15.9 Å². The lowest BCUT2D eigenvalue weighted by molar-refractivity contribution is 0.414. The zero-order valence-electron chi connectivity index (χ0n) is 19.6. The van der Waals surface area contributed by atoms with E-state index in [-0.39, 0.29) is 0 Å². The zero-order valence-corrected chi connectivity index (χ0v) is 21.2. The highest BCUT2D eigenvalue weighted by Crippen LogP contribution is 2.37. The molecule has 174 valence electrons. The average Bonchev–Trinajstić information content (AvgIpc) is 3.28. The number of halogens is 1. The Morgan fingerprint density at radius 1 is 0.686 bits per heavy atom. The molecule has 0 bridgehead atoms. The van der Waals surface area contributed by atoms with Crippen LogP contribution in [0.4, 0.5) is 0 Å². The summed E-state index contributed by atoms with van der Waals surface area (Å²) in [7, 11) is 3.36.